The molecule has 1 aliphatic carbocycles. The molecule has 0 unspecified atom stereocenters. The van der Waals surface area contributed by atoms with E-state index in [1.54, 1.807) is 7.11 Å². The van der Waals surface area contributed by atoms with Crippen molar-refractivity contribution in [3.8, 4) is 11.5 Å². The molecule has 33 heavy (non-hydrogen) atoms. The number of carbonyl (C=O) groups excluding carboxylic acids is 1. The van der Waals surface area contributed by atoms with Crippen LogP contribution in [0, 0.1) is 8.99 Å². The van der Waals surface area contributed by atoms with E-state index < -0.39 is 0 Å². The summed E-state index contributed by atoms with van der Waals surface area (Å²) in [5.41, 5.74) is 5.00. The Morgan fingerprint density at radius 2 is 1.94 bits per heavy atom. The van der Waals surface area contributed by atoms with Crippen molar-refractivity contribution < 1.29 is 14.3 Å². The van der Waals surface area contributed by atoms with Gasteiger partial charge in [0, 0.05) is 29.2 Å². The molecule has 3 aromatic carbocycles. The average molecular weight is 553 g/mol. The van der Waals surface area contributed by atoms with Gasteiger partial charge in [0.05, 0.1) is 23.0 Å². The van der Waals surface area contributed by atoms with Gasteiger partial charge >= 0.3 is 0 Å². The number of hydrogen-bond acceptors (Lipinski definition) is 4. The van der Waals surface area contributed by atoms with Crippen molar-refractivity contribution in [2.75, 3.05) is 19.0 Å². The third kappa shape index (κ3) is 3.80. The molecule has 0 radical (unpaired) electrons. The molecule has 0 bridgehead atoms. The fourth-order valence-corrected chi connectivity index (χ4v) is 6.22. The number of halogens is 1. The van der Waals surface area contributed by atoms with Crippen LogP contribution in [0.2, 0.25) is 0 Å². The van der Waals surface area contributed by atoms with Crippen molar-refractivity contribution in [3.63, 3.8) is 0 Å². The van der Waals surface area contributed by atoms with Gasteiger partial charge in [-0.15, -0.1) is 0 Å². The van der Waals surface area contributed by atoms with Gasteiger partial charge in [-0.1, -0.05) is 44.2 Å². The summed E-state index contributed by atoms with van der Waals surface area (Å²) in [6.07, 6.45) is 1.49. The zero-order chi connectivity index (χ0) is 23.3. The molecule has 1 aliphatic heterocycles. The van der Waals surface area contributed by atoms with Crippen molar-refractivity contribution in [3.05, 3.63) is 68.8 Å². The van der Waals surface area contributed by atoms with Crippen LogP contribution in [0.1, 0.15) is 50.7 Å². The summed E-state index contributed by atoms with van der Waals surface area (Å²) in [4.78, 5) is 13.6. The molecule has 0 spiro atoms. The average Bonchev–Trinajstić information content (AvgIpc) is 2.77. The van der Waals surface area contributed by atoms with E-state index >= 15 is 0 Å². The molecule has 170 valence electrons. The number of methoxy groups -OCH3 is 1. The number of anilines is 1. The molecule has 1 heterocycles. The predicted molar refractivity (Wildman–Crippen MR) is 142 cm³/mol. The topological polar surface area (TPSA) is 47.6 Å². The molecule has 0 saturated heterocycles. The lowest BCUT2D eigenvalue weighted by Crippen LogP contribution is -2.34. The Kier molecular flexibility index (Phi) is 5.63. The van der Waals surface area contributed by atoms with Gasteiger partial charge in [-0.3, -0.25) is 4.79 Å². The third-order valence-corrected chi connectivity index (χ3v) is 7.50. The number of nitrogens with one attached hydrogen (secondary N) is 1. The maximum absolute atomic E-state index is 13.6. The molecule has 4 nitrogen and oxygen atoms in total. The molecular formula is C28H28INO3. The molecule has 5 rings (SSSR count). The van der Waals surface area contributed by atoms with Crippen molar-refractivity contribution in [1.82, 2.24) is 0 Å². The Morgan fingerprint density at radius 3 is 2.70 bits per heavy atom. The minimum absolute atomic E-state index is 0.0489. The van der Waals surface area contributed by atoms with Gasteiger partial charge < -0.3 is 14.8 Å². The van der Waals surface area contributed by atoms with Crippen LogP contribution in [0.15, 0.2) is 54.1 Å². The smallest absolute Gasteiger partial charge is 0.174 e. The van der Waals surface area contributed by atoms with E-state index in [-0.39, 0.29) is 17.1 Å². The van der Waals surface area contributed by atoms with Crippen molar-refractivity contribution in [2.45, 2.75) is 39.5 Å². The van der Waals surface area contributed by atoms with Crippen LogP contribution in [0.3, 0.4) is 0 Å². The number of benzene rings is 3. The molecule has 1 atom stereocenters. The second kappa shape index (κ2) is 8.35. The molecule has 0 aromatic heterocycles. The second-order valence-electron chi connectivity index (χ2n) is 9.60. The van der Waals surface area contributed by atoms with Crippen molar-refractivity contribution in [2.24, 2.45) is 5.41 Å². The van der Waals surface area contributed by atoms with E-state index in [0.717, 1.165) is 38.3 Å². The first-order chi connectivity index (χ1) is 15.8. The second-order valence-corrected chi connectivity index (χ2v) is 10.8. The number of rotatable bonds is 4. The highest BCUT2D eigenvalue weighted by molar-refractivity contribution is 14.1. The van der Waals surface area contributed by atoms with Gasteiger partial charge in [0.25, 0.3) is 0 Å². The highest BCUT2D eigenvalue weighted by Gasteiger charge is 2.43. The molecule has 1 fully saturated rings. The van der Waals surface area contributed by atoms with Gasteiger partial charge in [0.1, 0.15) is 0 Å². The van der Waals surface area contributed by atoms with Crippen LogP contribution < -0.4 is 14.8 Å². The zero-order valence-corrected chi connectivity index (χ0v) is 21.6. The summed E-state index contributed by atoms with van der Waals surface area (Å²) in [5, 5.41) is 6.08. The van der Waals surface area contributed by atoms with Gasteiger partial charge in [0.2, 0.25) is 0 Å². The predicted octanol–water partition coefficient (Wildman–Crippen LogP) is 7.16. The number of ketones is 1. The zero-order valence-electron chi connectivity index (χ0n) is 19.4. The fraction of sp³-hybridized carbons (Fsp3) is 0.321. The first kappa shape index (κ1) is 22.3. The largest absolute Gasteiger partial charge is 0.492 e. The Balaban J connectivity index is 1.76. The third-order valence-electron chi connectivity index (χ3n) is 6.70. The summed E-state index contributed by atoms with van der Waals surface area (Å²) in [7, 11) is 1.66. The number of hydrogen-bond donors (Lipinski definition) is 1. The van der Waals surface area contributed by atoms with Crippen LogP contribution in [-0.4, -0.2) is 19.5 Å². The Hall–Kier alpha value is -2.54. The Morgan fingerprint density at radius 1 is 1.15 bits per heavy atom. The van der Waals surface area contributed by atoms with E-state index in [9.17, 15) is 4.79 Å². The number of carbonyl (C=O) groups is 1. The maximum atomic E-state index is 13.6. The summed E-state index contributed by atoms with van der Waals surface area (Å²) < 4.78 is 12.4. The summed E-state index contributed by atoms with van der Waals surface area (Å²) in [6, 6.07) is 16.8. The number of Topliss-reactive ketones (excluding diaryl/α,β-unsaturated/α-hetero) is 1. The van der Waals surface area contributed by atoms with Gasteiger partial charge in [-0.2, -0.15) is 0 Å². The first-order valence-corrected chi connectivity index (χ1v) is 12.5. The molecule has 5 heteroatoms. The summed E-state index contributed by atoms with van der Waals surface area (Å²) >= 11 is 2.28. The van der Waals surface area contributed by atoms with Crippen molar-refractivity contribution >= 4 is 50.5 Å². The standard InChI is InChI=1S/C28H28INO3/c1-5-33-23-13-17(12-20(29)27(23)32-4)26-25-19(14-28(2,3)15-22(25)31)24-18-9-7-6-8-16(18)10-11-21(24)30-26/h6-13,19,30H,5,14-15H2,1-4H3/t19-/m1/s1. The Bertz CT molecular complexity index is 1310. The molecule has 1 N–H and O–H groups in total. The van der Waals surface area contributed by atoms with E-state index in [4.69, 9.17) is 9.47 Å². The van der Waals surface area contributed by atoms with Gasteiger partial charge in [0.15, 0.2) is 17.3 Å². The summed E-state index contributed by atoms with van der Waals surface area (Å²) in [5.74, 6) is 1.69. The van der Waals surface area contributed by atoms with Gasteiger partial charge in [-0.05, 0) is 75.9 Å². The lowest BCUT2D eigenvalue weighted by atomic mass is 9.64. The molecule has 1 saturated carbocycles. The van der Waals surface area contributed by atoms with Crippen molar-refractivity contribution in [1.29, 1.82) is 0 Å². The van der Waals surface area contributed by atoms with E-state index in [2.05, 4.69) is 84.2 Å². The van der Waals surface area contributed by atoms with Crippen LogP contribution >= 0.6 is 22.6 Å². The lowest BCUT2D eigenvalue weighted by Gasteiger charge is -2.41. The van der Waals surface area contributed by atoms with E-state index in [1.807, 2.05) is 13.0 Å². The van der Waals surface area contributed by atoms with E-state index in [1.165, 1.54) is 16.3 Å². The number of fused-ring (bicyclic) bond motifs is 5. The van der Waals surface area contributed by atoms with Gasteiger partial charge in [-0.25, -0.2) is 0 Å². The lowest BCUT2D eigenvalue weighted by molar-refractivity contribution is -0.119. The first-order valence-electron chi connectivity index (χ1n) is 11.4. The SMILES string of the molecule is CCOc1cc(C2=C3C(=O)CC(C)(C)C[C@@H]3c3c(ccc4ccccc34)N2)cc(I)c1OC. The molecule has 2 aliphatic rings. The quantitative estimate of drug-likeness (QED) is 0.349. The monoisotopic (exact) mass is 553 g/mol. The molecule has 3 aromatic rings. The fourth-order valence-electron chi connectivity index (χ4n) is 5.39. The van der Waals surface area contributed by atoms with Crippen LogP contribution in [0.25, 0.3) is 16.5 Å². The maximum Gasteiger partial charge on any atom is 0.174 e. The highest BCUT2D eigenvalue weighted by atomic mass is 127. The van der Waals surface area contributed by atoms with E-state index in [0.29, 0.717) is 18.8 Å². The molecular weight excluding hydrogens is 525 g/mol. The normalized spacial score (nSPS) is 19.1. The Labute approximate surface area is 208 Å². The van der Waals surface area contributed by atoms with Crippen LogP contribution in [-0.2, 0) is 4.79 Å². The van der Waals surface area contributed by atoms with Crippen LogP contribution in [0.4, 0.5) is 5.69 Å². The molecule has 0 amide bonds. The number of ether oxygens (including phenoxy) is 2. The summed E-state index contributed by atoms with van der Waals surface area (Å²) in [6.45, 7) is 6.92. The minimum atomic E-state index is -0.0489. The number of allylic oxidation sites excluding steroid dienone is 1. The van der Waals surface area contributed by atoms with Crippen LogP contribution in [0.5, 0.6) is 11.5 Å². The highest BCUT2D eigenvalue weighted by Crippen LogP contribution is 2.53. The minimum Gasteiger partial charge on any atom is -0.492 e.